The van der Waals surface area contributed by atoms with E-state index in [9.17, 15) is 0 Å². The molecule has 0 saturated carbocycles. The van der Waals surface area contributed by atoms with Gasteiger partial charge in [0.1, 0.15) is 0 Å². The summed E-state index contributed by atoms with van der Waals surface area (Å²) < 4.78 is 0. The average molecular weight is 259 g/mol. The van der Waals surface area contributed by atoms with E-state index in [1.807, 2.05) is 0 Å². The van der Waals surface area contributed by atoms with Gasteiger partial charge < -0.3 is 5.73 Å². The largest absolute Gasteiger partial charge is 0.322 e. The normalized spacial score (nSPS) is 14.4. The monoisotopic (exact) mass is 259 g/mol. The summed E-state index contributed by atoms with van der Waals surface area (Å²) in [5.41, 5.74) is 9.98. The third-order valence-electron chi connectivity index (χ3n) is 3.45. The first-order valence-electron chi connectivity index (χ1n) is 6.55. The van der Waals surface area contributed by atoms with Crippen LogP contribution in [0.5, 0.6) is 0 Å². The van der Waals surface area contributed by atoms with Gasteiger partial charge in [-0.2, -0.15) is 11.3 Å². The number of hydrogen-bond donors (Lipinski definition) is 1. The second kappa shape index (κ2) is 5.68. The molecular weight excluding hydrogens is 238 g/mol. The molecule has 1 heterocycles. The summed E-state index contributed by atoms with van der Waals surface area (Å²) in [5, 5.41) is 4.28. The first-order valence-corrected chi connectivity index (χ1v) is 7.50. The molecule has 0 saturated heterocycles. The van der Waals surface area contributed by atoms with Crippen molar-refractivity contribution in [2.24, 2.45) is 5.73 Å². The zero-order valence-electron chi connectivity index (χ0n) is 11.1. The minimum atomic E-state index is -0.205. The van der Waals surface area contributed by atoms with Crippen LogP contribution in [0.4, 0.5) is 0 Å². The van der Waals surface area contributed by atoms with Crippen molar-refractivity contribution in [2.45, 2.75) is 38.6 Å². The van der Waals surface area contributed by atoms with Crippen LogP contribution >= 0.6 is 11.3 Å². The molecule has 0 amide bonds. The Morgan fingerprint density at radius 3 is 2.39 bits per heavy atom. The molecule has 0 aliphatic carbocycles. The van der Waals surface area contributed by atoms with Crippen molar-refractivity contribution in [1.29, 1.82) is 0 Å². The third kappa shape index (κ3) is 3.01. The van der Waals surface area contributed by atoms with Crippen LogP contribution < -0.4 is 5.73 Å². The fourth-order valence-corrected chi connectivity index (χ4v) is 2.83. The maximum absolute atomic E-state index is 6.39. The minimum absolute atomic E-state index is 0.205. The van der Waals surface area contributed by atoms with Gasteiger partial charge in [-0.25, -0.2) is 0 Å². The number of hydrogen-bond acceptors (Lipinski definition) is 2. The van der Waals surface area contributed by atoms with Crippen LogP contribution in [0.3, 0.4) is 0 Å². The molecule has 0 aliphatic rings. The van der Waals surface area contributed by atoms with E-state index >= 15 is 0 Å². The molecule has 2 rings (SSSR count). The maximum Gasteiger partial charge on any atom is 0.0381 e. The highest BCUT2D eigenvalue weighted by Gasteiger charge is 2.20. The summed E-state index contributed by atoms with van der Waals surface area (Å²) in [6, 6.07) is 10.8. The van der Waals surface area contributed by atoms with Crippen LogP contribution in [0.25, 0.3) is 11.1 Å². The van der Waals surface area contributed by atoms with E-state index in [4.69, 9.17) is 5.73 Å². The molecule has 1 aromatic carbocycles. The Kier molecular flexibility index (Phi) is 4.20. The topological polar surface area (TPSA) is 26.0 Å². The van der Waals surface area contributed by atoms with Gasteiger partial charge >= 0.3 is 0 Å². The molecule has 1 aromatic heterocycles. The summed E-state index contributed by atoms with van der Waals surface area (Å²) in [5.74, 6) is 0. The second-order valence-electron chi connectivity index (χ2n) is 5.11. The van der Waals surface area contributed by atoms with Crippen molar-refractivity contribution < 1.29 is 0 Å². The lowest BCUT2D eigenvalue weighted by atomic mass is 9.87. The minimum Gasteiger partial charge on any atom is -0.322 e. The van der Waals surface area contributed by atoms with Gasteiger partial charge in [-0.05, 0) is 46.9 Å². The lowest BCUT2D eigenvalue weighted by molar-refractivity contribution is 0.433. The summed E-state index contributed by atoms with van der Waals surface area (Å²) in [7, 11) is 0. The fourth-order valence-electron chi connectivity index (χ4n) is 2.16. The molecule has 0 radical (unpaired) electrons. The van der Waals surface area contributed by atoms with Crippen molar-refractivity contribution in [1.82, 2.24) is 0 Å². The van der Waals surface area contributed by atoms with E-state index in [1.54, 1.807) is 11.3 Å². The number of nitrogens with two attached hydrogens (primary N) is 1. The Bertz CT molecular complexity index is 468. The van der Waals surface area contributed by atoms with Crippen LogP contribution in [0.2, 0.25) is 0 Å². The predicted molar refractivity (Wildman–Crippen MR) is 80.8 cm³/mol. The van der Waals surface area contributed by atoms with Gasteiger partial charge in [0.05, 0.1) is 0 Å². The number of unbranched alkanes of at least 4 members (excludes halogenated alkanes) is 1. The highest BCUT2D eigenvalue weighted by Crippen LogP contribution is 2.27. The zero-order valence-corrected chi connectivity index (χ0v) is 12.0. The predicted octanol–water partition coefficient (Wildman–Crippen LogP) is 4.78. The smallest absolute Gasteiger partial charge is 0.0381 e. The van der Waals surface area contributed by atoms with Crippen LogP contribution in [-0.4, -0.2) is 0 Å². The van der Waals surface area contributed by atoms with Crippen molar-refractivity contribution >= 4 is 11.3 Å². The van der Waals surface area contributed by atoms with E-state index in [2.05, 4.69) is 54.9 Å². The first-order chi connectivity index (χ1) is 8.63. The fraction of sp³-hybridized carbons (Fsp3) is 0.375. The first kappa shape index (κ1) is 13.3. The third-order valence-corrected chi connectivity index (χ3v) is 4.13. The van der Waals surface area contributed by atoms with E-state index in [0.717, 1.165) is 6.42 Å². The van der Waals surface area contributed by atoms with Crippen LogP contribution in [0, 0.1) is 0 Å². The number of rotatable bonds is 5. The van der Waals surface area contributed by atoms with Crippen LogP contribution in [0.1, 0.15) is 38.7 Å². The van der Waals surface area contributed by atoms with Crippen LogP contribution in [0.15, 0.2) is 41.1 Å². The molecule has 96 valence electrons. The Hall–Kier alpha value is -1.12. The van der Waals surface area contributed by atoms with E-state index in [-0.39, 0.29) is 5.54 Å². The number of thiophene rings is 1. The molecule has 1 nitrogen and oxygen atoms in total. The molecular formula is C16H21NS. The highest BCUT2D eigenvalue weighted by atomic mass is 32.1. The quantitative estimate of drug-likeness (QED) is 0.821. The molecule has 2 aromatic rings. The Morgan fingerprint density at radius 2 is 1.83 bits per heavy atom. The van der Waals surface area contributed by atoms with Gasteiger partial charge in [0.15, 0.2) is 0 Å². The standard InChI is InChI=1S/C16H21NS/c1-3-4-10-16(2,17)15-7-5-13(6-8-15)14-9-11-18-12-14/h5-9,11-12H,3-4,10,17H2,1-2H3. The molecule has 1 atom stereocenters. The molecule has 2 N–H and O–H groups in total. The van der Waals surface area contributed by atoms with Gasteiger partial charge in [0, 0.05) is 5.54 Å². The Balaban J connectivity index is 2.17. The molecule has 0 aliphatic heterocycles. The zero-order chi connectivity index (χ0) is 13.0. The SMILES string of the molecule is CCCCC(C)(N)c1ccc(-c2ccsc2)cc1. The Morgan fingerprint density at radius 1 is 1.11 bits per heavy atom. The molecule has 18 heavy (non-hydrogen) atoms. The maximum atomic E-state index is 6.39. The van der Waals surface area contributed by atoms with Gasteiger partial charge in [0.25, 0.3) is 0 Å². The van der Waals surface area contributed by atoms with Gasteiger partial charge in [-0.1, -0.05) is 44.0 Å². The molecule has 0 bridgehead atoms. The van der Waals surface area contributed by atoms with Gasteiger partial charge in [-0.3, -0.25) is 0 Å². The molecule has 0 fully saturated rings. The second-order valence-corrected chi connectivity index (χ2v) is 5.89. The lowest BCUT2D eigenvalue weighted by Gasteiger charge is -2.25. The van der Waals surface area contributed by atoms with Crippen molar-refractivity contribution in [3.05, 3.63) is 46.7 Å². The Labute approximate surface area is 114 Å². The van der Waals surface area contributed by atoms with Crippen molar-refractivity contribution in [2.75, 3.05) is 0 Å². The van der Waals surface area contributed by atoms with Crippen molar-refractivity contribution in [3.63, 3.8) is 0 Å². The van der Waals surface area contributed by atoms with Gasteiger partial charge in [0.2, 0.25) is 0 Å². The summed E-state index contributed by atoms with van der Waals surface area (Å²) in [6.45, 7) is 4.33. The number of benzene rings is 1. The average Bonchev–Trinajstić information content (AvgIpc) is 2.90. The lowest BCUT2D eigenvalue weighted by Crippen LogP contribution is -2.32. The van der Waals surface area contributed by atoms with E-state index < -0.39 is 0 Å². The van der Waals surface area contributed by atoms with Crippen molar-refractivity contribution in [3.8, 4) is 11.1 Å². The molecule has 1 unspecified atom stereocenters. The van der Waals surface area contributed by atoms with Crippen LogP contribution in [-0.2, 0) is 5.54 Å². The molecule has 2 heteroatoms. The van der Waals surface area contributed by atoms with E-state index in [1.165, 1.54) is 29.5 Å². The summed E-state index contributed by atoms with van der Waals surface area (Å²) in [6.07, 6.45) is 3.42. The molecule has 0 spiro atoms. The summed E-state index contributed by atoms with van der Waals surface area (Å²) in [4.78, 5) is 0. The van der Waals surface area contributed by atoms with E-state index in [0.29, 0.717) is 0 Å². The van der Waals surface area contributed by atoms with Gasteiger partial charge in [-0.15, -0.1) is 0 Å². The summed E-state index contributed by atoms with van der Waals surface area (Å²) >= 11 is 1.73. The highest BCUT2D eigenvalue weighted by molar-refractivity contribution is 7.08.